The number of hydrogen-bond donors (Lipinski definition) is 1. The number of nitrogens with zero attached hydrogens (tertiary/aromatic N) is 3. The molecule has 0 fully saturated rings. The second-order valence-corrected chi connectivity index (χ2v) is 6.57. The van der Waals surface area contributed by atoms with Crippen molar-refractivity contribution in [3.05, 3.63) is 51.9 Å². The summed E-state index contributed by atoms with van der Waals surface area (Å²) in [6.07, 6.45) is 2.03. The number of rotatable bonds is 2. The highest BCUT2D eigenvalue weighted by Crippen LogP contribution is 2.36. The van der Waals surface area contributed by atoms with Crippen LogP contribution in [0.2, 0.25) is 0 Å². The van der Waals surface area contributed by atoms with E-state index in [1.54, 1.807) is 11.6 Å². The number of hydrogen-bond acceptors (Lipinski definition) is 3. The third-order valence-electron chi connectivity index (χ3n) is 4.84. The highest BCUT2D eigenvalue weighted by atomic mass is 16.5. The molecule has 3 aromatic heterocycles. The first-order valence-corrected chi connectivity index (χ1v) is 8.16. The molecule has 0 spiro atoms. The second-order valence-electron chi connectivity index (χ2n) is 6.57. The number of benzene rings is 1. The zero-order chi connectivity index (χ0) is 17.9. The molecule has 0 aliphatic rings. The average Bonchev–Trinajstić information content (AvgIpc) is 3.16. The molecule has 0 unspecified atom stereocenters. The third kappa shape index (κ3) is 2.17. The van der Waals surface area contributed by atoms with Crippen LogP contribution in [0.15, 0.2) is 33.7 Å². The number of imidazole rings is 1. The van der Waals surface area contributed by atoms with E-state index in [1.807, 2.05) is 33.2 Å². The van der Waals surface area contributed by atoms with Crippen LogP contribution in [0.4, 0.5) is 0 Å². The van der Waals surface area contributed by atoms with Crippen molar-refractivity contribution in [3.63, 3.8) is 0 Å². The molecule has 0 aliphatic carbocycles. The van der Waals surface area contributed by atoms with Gasteiger partial charge in [-0.2, -0.15) is 0 Å². The fourth-order valence-electron chi connectivity index (χ4n) is 3.67. The first-order chi connectivity index (χ1) is 11.9. The Balaban J connectivity index is 2.15. The quantitative estimate of drug-likeness (QED) is 0.609. The second kappa shape index (κ2) is 5.24. The Hall–Kier alpha value is -3.02. The summed E-state index contributed by atoms with van der Waals surface area (Å²) in [5.74, 6) is 0.768. The Kier molecular flexibility index (Phi) is 3.25. The number of aryl methyl sites for hydroxylation is 5. The minimum absolute atomic E-state index is 0.126. The molecule has 3 heterocycles. The summed E-state index contributed by atoms with van der Waals surface area (Å²) < 4.78 is 9.08. The molecule has 0 atom stereocenters. The molecule has 0 aliphatic heterocycles. The third-order valence-corrected chi connectivity index (χ3v) is 4.84. The lowest BCUT2D eigenvalue weighted by atomic mass is 9.97. The van der Waals surface area contributed by atoms with Crippen LogP contribution in [0.3, 0.4) is 0 Å². The van der Waals surface area contributed by atoms with Crippen LogP contribution in [0.1, 0.15) is 17.0 Å². The smallest absolute Gasteiger partial charge is 0.326 e. The van der Waals surface area contributed by atoms with Gasteiger partial charge in [-0.3, -0.25) is 4.57 Å². The normalized spacial score (nSPS) is 11.6. The highest BCUT2D eigenvalue weighted by Gasteiger charge is 2.19. The standard InChI is InChI=1S/C19H20N4O2/c1-10-6-7-22(4)17(10)14-8-13(16-11(2)21-25-12(16)3)9-15-18(14)23(5)19(24)20-15/h6-9H,1-5H3,(H,20,24). The number of aromatic amines is 1. The van der Waals surface area contributed by atoms with Crippen LogP contribution in [0, 0.1) is 20.8 Å². The Bertz CT molecular complexity index is 1130. The minimum atomic E-state index is -0.126. The van der Waals surface area contributed by atoms with Gasteiger partial charge in [0, 0.05) is 31.4 Å². The monoisotopic (exact) mass is 336 g/mol. The van der Waals surface area contributed by atoms with Crippen LogP contribution < -0.4 is 5.69 Å². The first-order valence-electron chi connectivity index (χ1n) is 8.16. The van der Waals surface area contributed by atoms with Gasteiger partial charge in [-0.15, -0.1) is 0 Å². The molecule has 25 heavy (non-hydrogen) atoms. The van der Waals surface area contributed by atoms with Crippen molar-refractivity contribution in [2.45, 2.75) is 20.8 Å². The Morgan fingerprint density at radius 2 is 1.92 bits per heavy atom. The zero-order valence-electron chi connectivity index (χ0n) is 15.0. The van der Waals surface area contributed by atoms with E-state index in [2.05, 4.69) is 33.8 Å². The van der Waals surface area contributed by atoms with Crippen molar-refractivity contribution in [2.75, 3.05) is 0 Å². The van der Waals surface area contributed by atoms with Gasteiger partial charge in [0.1, 0.15) is 5.76 Å². The molecular formula is C19H20N4O2. The molecule has 4 aromatic rings. The van der Waals surface area contributed by atoms with Gasteiger partial charge >= 0.3 is 5.69 Å². The van der Waals surface area contributed by atoms with E-state index in [0.29, 0.717) is 0 Å². The Labute approximate surface area is 144 Å². The molecule has 0 radical (unpaired) electrons. The van der Waals surface area contributed by atoms with E-state index in [4.69, 9.17) is 4.52 Å². The summed E-state index contributed by atoms with van der Waals surface area (Å²) in [7, 11) is 3.81. The maximum Gasteiger partial charge on any atom is 0.326 e. The van der Waals surface area contributed by atoms with Crippen LogP contribution in [-0.4, -0.2) is 19.3 Å². The number of fused-ring (bicyclic) bond motifs is 1. The zero-order valence-corrected chi connectivity index (χ0v) is 15.0. The predicted molar refractivity (Wildman–Crippen MR) is 97.7 cm³/mol. The van der Waals surface area contributed by atoms with E-state index in [1.165, 1.54) is 0 Å². The molecular weight excluding hydrogens is 316 g/mol. The van der Waals surface area contributed by atoms with Crippen LogP contribution in [0.5, 0.6) is 0 Å². The summed E-state index contributed by atoms with van der Waals surface area (Å²) in [6, 6.07) is 6.18. The maximum atomic E-state index is 12.2. The van der Waals surface area contributed by atoms with Gasteiger partial charge in [-0.25, -0.2) is 4.79 Å². The van der Waals surface area contributed by atoms with E-state index in [9.17, 15) is 4.79 Å². The van der Waals surface area contributed by atoms with Crippen LogP contribution in [0.25, 0.3) is 33.4 Å². The van der Waals surface area contributed by atoms with E-state index < -0.39 is 0 Å². The van der Waals surface area contributed by atoms with Crippen LogP contribution >= 0.6 is 0 Å². The molecule has 6 nitrogen and oxygen atoms in total. The van der Waals surface area contributed by atoms with Gasteiger partial charge in [-0.1, -0.05) is 5.16 Å². The van der Waals surface area contributed by atoms with Gasteiger partial charge in [-0.05, 0) is 50.1 Å². The predicted octanol–water partition coefficient (Wildman–Crippen LogP) is 3.45. The Morgan fingerprint density at radius 3 is 2.52 bits per heavy atom. The number of aromatic nitrogens is 4. The van der Waals surface area contributed by atoms with E-state index in [-0.39, 0.29) is 5.69 Å². The van der Waals surface area contributed by atoms with Gasteiger partial charge in [0.25, 0.3) is 0 Å². The summed E-state index contributed by atoms with van der Waals surface area (Å²) in [5, 5.41) is 4.07. The summed E-state index contributed by atoms with van der Waals surface area (Å²) in [6.45, 7) is 5.91. The maximum absolute atomic E-state index is 12.2. The molecule has 0 bridgehead atoms. The van der Waals surface area contributed by atoms with Crippen molar-refractivity contribution in [3.8, 4) is 22.4 Å². The fourth-order valence-corrected chi connectivity index (χ4v) is 3.67. The van der Waals surface area contributed by atoms with Crippen molar-refractivity contribution < 1.29 is 4.52 Å². The Morgan fingerprint density at radius 1 is 1.16 bits per heavy atom. The number of nitrogens with one attached hydrogen (secondary N) is 1. The van der Waals surface area contributed by atoms with Gasteiger partial charge in [0.05, 0.1) is 22.4 Å². The van der Waals surface area contributed by atoms with Gasteiger partial charge in [0.15, 0.2) is 0 Å². The highest BCUT2D eigenvalue weighted by molar-refractivity contribution is 5.96. The molecule has 0 saturated heterocycles. The summed E-state index contributed by atoms with van der Waals surface area (Å²) in [5.41, 5.74) is 7.63. The number of H-pyrrole nitrogens is 1. The fraction of sp³-hybridized carbons (Fsp3) is 0.263. The molecule has 1 N–H and O–H groups in total. The van der Waals surface area contributed by atoms with E-state index in [0.717, 1.165) is 50.4 Å². The van der Waals surface area contributed by atoms with Crippen molar-refractivity contribution in [2.24, 2.45) is 14.1 Å². The molecule has 4 rings (SSSR count). The SMILES string of the molecule is Cc1ccn(C)c1-c1cc(-c2c(C)noc2C)cc2[nH]c(=O)n(C)c12. The molecule has 1 aromatic carbocycles. The molecule has 6 heteroatoms. The van der Waals surface area contributed by atoms with E-state index >= 15 is 0 Å². The van der Waals surface area contributed by atoms with Gasteiger partial charge in [0.2, 0.25) is 0 Å². The lowest BCUT2D eigenvalue weighted by molar-refractivity contribution is 0.393. The molecule has 0 saturated carbocycles. The van der Waals surface area contributed by atoms with Crippen molar-refractivity contribution in [1.82, 2.24) is 19.3 Å². The largest absolute Gasteiger partial charge is 0.361 e. The van der Waals surface area contributed by atoms with Crippen LogP contribution in [-0.2, 0) is 14.1 Å². The van der Waals surface area contributed by atoms with Crippen molar-refractivity contribution >= 4 is 11.0 Å². The first kappa shape index (κ1) is 15.5. The summed E-state index contributed by atoms with van der Waals surface area (Å²) in [4.78, 5) is 15.2. The topological polar surface area (TPSA) is 68.8 Å². The lowest BCUT2D eigenvalue weighted by Crippen LogP contribution is -2.12. The van der Waals surface area contributed by atoms with Gasteiger partial charge < -0.3 is 14.1 Å². The van der Waals surface area contributed by atoms with Crippen molar-refractivity contribution in [1.29, 1.82) is 0 Å². The molecule has 128 valence electrons. The summed E-state index contributed by atoms with van der Waals surface area (Å²) >= 11 is 0. The average molecular weight is 336 g/mol. The molecule has 0 amide bonds. The lowest BCUT2D eigenvalue weighted by Gasteiger charge is -2.11. The minimum Gasteiger partial charge on any atom is -0.361 e.